The van der Waals surface area contributed by atoms with Crippen LogP contribution in [-0.4, -0.2) is 16.6 Å². The Hall–Kier alpha value is 0.870. The zero-order valence-electron chi connectivity index (χ0n) is 5.33. The predicted octanol–water partition coefficient (Wildman–Crippen LogP) is 3.06. The highest BCUT2D eigenvalue weighted by Gasteiger charge is 2.22. The van der Waals surface area contributed by atoms with Crippen LogP contribution < -0.4 is 0 Å². The molecule has 1 radical (unpaired) electrons. The molecule has 0 amide bonds. The Labute approximate surface area is 71.5 Å². The number of alkyl halides is 3. The third-order valence-electron chi connectivity index (χ3n) is 1.25. The van der Waals surface area contributed by atoms with Crippen molar-refractivity contribution >= 4 is 34.8 Å². The number of rotatable bonds is 4. The topological polar surface area (TPSA) is 0 Å². The molecule has 0 aliphatic carbocycles. The summed E-state index contributed by atoms with van der Waals surface area (Å²) in [5.74, 6) is 0.984. The van der Waals surface area contributed by atoms with E-state index in [2.05, 4.69) is 0 Å². The van der Waals surface area contributed by atoms with Crippen LogP contribution in [-0.2, 0) is 0 Å². The van der Waals surface area contributed by atoms with E-state index in [0.717, 1.165) is 6.42 Å². The van der Waals surface area contributed by atoms with Gasteiger partial charge in [0.2, 0.25) is 0 Å². The second-order valence-electron chi connectivity index (χ2n) is 1.90. The van der Waals surface area contributed by atoms with E-state index in [0.29, 0.717) is 11.8 Å². The standard InChI is InChI=1S/C6H10Cl3/c1-2-6(9,5-8)3-4-7/h2H,3-5H2,1H3. The summed E-state index contributed by atoms with van der Waals surface area (Å²) in [6.45, 7) is 1.89. The van der Waals surface area contributed by atoms with E-state index >= 15 is 0 Å². The molecule has 0 aliphatic heterocycles. The van der Waals surface area contributed by atoms with E-state index in [-0.39, 0.29) is 4.87 Å². The zero-order valence-corrected chi connectivity index (χ0v) is 7.60. The third-order valence-corrected chi connectivity index (χ3v) is 2.59. The first-order valence-electron chi connectivity index (χ1n) is 2.80. The van der Waals surface area contributed by atoms with Crippen molar-refractivity contribution in [3.05, 3.63) is 6.42 Å². The Morgan fingerprint density at radius 3 is 2.11 bits per heavy atom. The summed E-state index contributed by atoms with van der Waals surface area (Å²) >= 11 is 17.0. The van der Waals surface area contributed by atoms with Crippen molar-refractivity contribution in [1.82, 2.24) is 0 Å². The normalized spacial score (nSPS) is 17.3. The molecule has 0 fully saturated rings. The Balaban J connectivity index is 3.62. The molecule has 3 heteroatoms. The number of halogens is 3. The van der Waals surface area contributed by atoms with E-state index in [1.807, 2.05) is 13.3 Å². The van der Waals surface area contributed by atoms with E-state index < -0.39 is 0 Å². The minimum absolute atomic E-state index is 0.386. The molecular formula is C6H10Cl3. The molecule has 0 saturated carbocycles. The van der Waals surface area contributed by atoms with Crippen LogP contribution in [0, 0.1) is 6.42 Å². The molecule has 0 bridgehead atoms. The van der Waals surface area contributed by atoms with Crippen LogP contribution in [0.4, 0.5) is 0 Å². The van der Waals surface area contributed by atoms with E-state index in [9.17, 15) is 0 Å². The molecule has 0 spiro atoms. The molecule has 0 aromatic carbocycles. The molecule has 0 N–H and O–H groups in total. The smallest absolute Gasteiger partial charge is 0.0621 e. The van der Waals surface area contributed by atoms with Crippen molar-refractivity contribution < 1.29 is 0 Å². The molecule has 0 rings (SSSR count). The average molecular weight is 189 g/mol. The van der Waals surface area contributed by atoms with Gasteiger partial charge in [0, 0.05) is 11.8 Å². The lowest BCUT2D eigenvalue weighted by Crippen LogP contribution is -2.23. The number of hydrogen-bond donors (Lipinski definition) is 0. The molecule has 1 atom stereocenters. The van der Waals surface area contributed by atoms with Crippen LogP contribution in [0.2, 0.25) is 0 Å². The summed E-state index contributed by atoms with van der Waals surface area (Å²) in [7, 11) is 0. The average Bonchev–Trinajstić information content (AvgIpc) is 1.89. The van der Waals surface area contributed by atoms with Gasteiger partial charge < -0.3 is 0 Å². The van der Waals surface area contributed by atoms with Crippen molar-refractivity contribution in [2.75, 3.05) is 11.8 Å². The molecule has 0 aromatic heterocycles. The van der Waals surface area contributed by atoms with Crippen LogP contribution >= 0.6 is 34.8 Å². The summed E-state index contributed by atoms with van der Waals surface area (Å²) in [6, 6.07) is 0. The molecule has 55 valence electrons. The molecule has 0 heterocycles. The third kappa shape index (κ3) is 3.54. The monoisotopic (exact) mass is 187 g/mol. The van der Waals surface area contributed by atoms with Crippen LogP contribution in [0.3, 0.4) is 0 Å². The fourth-order valence-corrected chi connectivity index (χ4v) is 1.26. The Kier molecular flexibility index (Phi) is 5.10. The van der Waals surface area contributed by atoms with Gasteiger partial charge in [-0.25, -0.2) is 0 Å². The van der Waals surface area contributed by atoms with Gasteiger partial charge in [0.05, 0.1) is 4.87 Å². The van der Waals surface area contributed by atoms with E-state index in [1.54, 1.807) is 0 Å². The lowest BCUT2D eigenvalue weighted by molar-refractivity contribution is 0.703. The fraction of sp³-hybridized carbons (Fsp3) is 0.833. The van der Waals surface area contributed by atoms with Gasteiger partial charge in [-0.15, -0.1) is 34.8 Å². The maximum atomic E-state index is 5.94. The molecule has 9 heavy (non-hydrogen) atoms. The first kappa shape index (κ1) is 9.87. The number of hydrogen-bond acceptors (Lipinski definition) is 0. The molecule has 1 unspecified atom stereocenters. The molecule has 0 aromatic rings. The molecule has 0 aliphatic rings. The second kappa shape index (κ2) is 4.65. The summed E-state index contributed by atoms with van der Waals surface area (Å²) in [4.78, 5) is -0.386. The highest BCUT2D eigenvalue weighted by atomic mass is 35.5. The van der Waals surface area contributed by atoms with Crippen molar-refractivity contribution in [3.63, 3.8) is 0 Å². The van der Waals surface area contributed by atoms with E-state index in [4.69, 9.17) is 34.8 Å². The first-order chi connectivity index (χ1) is 4.18. The van der Waals surface area contributed by atoms with Gasteiger partial charge >= 0.3 is 0 Å². The Morgan fingerprint density at radius 1 is 1.44 bits per heavy atom. The van der Waals surface area contributed by atoms with Gasteiger partial charge in [-0.1, -0.05) is 6.92 Å². The van der Waals surface area contributed by atoms with Crippen molar-refractivity contribution in [2.45, 2.75) is 18.2 Å². The van der Waals surface area contributed by atoms with Crippen molar-refractivity contribution in [1.29, 1.82) is 0 Å². The largest absolute Gasteiger partial charge is 0.127 e. The summed E-state index contributed by atoms with van der Waals surface area (Å²) < 4.78 is 0. The molecule has 0 nitrogen and oxygen atoms in total. The maximum Gasteiger partial charge on any atom is 0.0621 e. The SMILES string of the molecule is C[CH]C(Cl)(CCl)CCCl. The lowest BCUT2D eigenvalue weighted by atomic mass is 10.1. The Morgan fingerprint density at radius 2 is 2.00 bits per heavy atom. The highest BCUT2D eigenvalue weighted by Crippen LogP contribution is 2.24. The maximum absolute atomic E-state index is 5.94. The first-order valence-corrected chi connectivity index (χ1v) is 4.24. The van der Waals surface area contributed by atoms with Crippen LogP contribution in [0.1, 0.15) is 13.3 Å². The minimum Gasteiger partial charge on any atom is -0.127 e. The predicted molar refractivity (Wildman–Crippen MR) is 44.6 cm³/mol. The van der Waals surface area contributed by atoms with E-state index in [1.165, 1.54) is 0 Å². The van der Waals surface area contributed by atoms with Crippen LogP contribution in [0.15, 0.2) is 0 Å². The van der Waals surface area contributed by atoms with Crippen LogP contribution in [0.5, 0.6) is 0 Å². The van der Waals surface area contributed by atoms with Gasteiger partial charge in [-0.3, -0.25) is 0 Å². The molecular weight excluding hydrogens is 178 g/mol. The van der Waals surface area contributed by atoms with Gasteiger partial charge in [-0.2, -0.15) is 0 Å². The van der Waals surface area contributed by atoms with Gasteiger partial charge in [0.15, 0.2) is 0 Å². The molecule has 0 saturated heterocycles. The quantitative estimate of drug-likeness (QED) is 0.595. The van der Waals surface area contributed by atoms with Crippen LogP contribution in [0.25, 0.3) is 0 Å². The van der Waals surface area contributed by atoms with Gasteiger partial charge in [0.1, 0.15) is 0 Å². The van der Waals surface area contributed by atoms with Crippen molar-refractivity contribution in [3.8, 4) is 0 Å². The second-order valence-corrected chi connectivity index (χ2v) is 3.29. The summed E-state index contributed by atoms with van der Waals surface area (Å²) in [5.41, 5.74) is 0. The summed E-state index contributed by atoms with van der Waals surface area (Å²) in [5, 5.41) is 0. The Bertz CT molecular complexity index is 68.7. The fourth-order valence-electron chi connectivity index (χ4n) is 0.445. The van der Waals surface area contributed by atoms with Crippen molar-refractivity contribution in [2.24, 2.45) is 0 Å². The minimum atomic E-state index is -0.386. The summed E-state index contributed by atoms with van der Waals surface area (Å²) in [6.07, 6.45) is 2.61. The van der Waals surface area contributed by atoms with Gasteiger partial charge in [-0.05, 0) is 12.8 Å². The van der Waals surface area contributed by atoms with Gasteiger partial charge in [0.25, 0.3) is 0 Å². The lowest BCUT2D eigenvalue weighted by Gasteiger charge is -2.20. The highest BCUT2D eigenvalue weighted by molar-refractivity contribution is 6.32. The zero-order chi connectivity index (χ0) is 7.33.